The van der Waals surface area contributed by atoms with Gasteiger partial charge in [0.1, 0.15) is 0 Å². The van der Waals surface area contributed by atoms with Gasteiger partial charge in [0.15, 0.2) is 0 Å². The lowest BCUT2D eigenvalue weighted by molar-refractivity contribution is 0.122. The molecule has 0 amide bonds. The summed E-state index contributed by atoms with van der Waals surface area (Å²) in [5.74, 6) is 0. The fourth-order valence-electron chi connectivity index (χ4n) is 1.31. The van der Waals surface area contributed by atoms with E-state index in [0.717, 1.165) is 0 Å². The second-order valence-electron chi connectivity index (χ2n) is 3.87. The maximum Gasteiger partial charge on any atom is 0.240 e. The van der Waals surface area contributed by atoms with Gasteiger partial charge in [-0.2, -0.15) is 0 Å². The van der Waals surface area contributed by atoms with Crippen molar-refractivity contribution in [1.82, 2.24) is 4.72 Å². The monoisotopic (exact) mass is 258 g/mol. The molecule has 0 saturated heterocycles. The zero-order valence-corrected chi connectivity index (χ0v) is 11.0. The summed E-state index contributed by atoms with van der Waals surface area (Å²) in [6.45, 7) is 3.70. The summed E-state index contributed by atoms with van der Waals surface area (Å²) in [5, 5.41) is 0. The molecular weight excluding hydrogens is 240 g/mol. The van der Waals surface area contributed by atoms with E-state index in [1.807, 2.05) is 0 Å². The summed E-state index contributed by atoms with van der Waals surface area (Å²) in [7, 11) is -2.00. The standard InChI is InChI=1S/C11H18N2O3S/c1-8(16-3)7-13-17(14,15)11-6-4-5-10(12)9(11)2/h4-6,8,13H,7,12H2,1-3H3. The average Bonchev–Trinajstić information content (AvgIpc) is 2.29. The van der Waals surface area contributed by atoms with Gasteiger partial charge >= 0.3 is 0 Å². The van der Waals surface area contributed by atoms with Gasteiger partial charge in [0.25, 0.3) is 0 Å². The molecule has 0 aliphatic heterocycles. The SMILES string of the molecule is COC(C)CNS(=O)(=O)c1cccc(N)c1C. The van der Waals surface area contributed by atoms with Crippen LogP contribution >= 0.6 is 0 Å². The molecule has 1 aromatic rings. The first-order valence-corrected chi connectivity index (χ1v) is 6.74. The second kappa shape index (κ2) is 5.48. The molecule has 96 valence electrons. The van der Waals surface area contributed by atoms with Gasteiger partial charge in [0, 0.05) is 19.3 Å². The smallest absolute Gasteiger partial charge is 0.240 e. The maximum absolute atomic E-state index is 12.0. The molecule has 0 fully saturated rings. The van der Waals surface area contributed by atoms with Crippen LogP contribution in [0, 0.1) is 6.92 Å². The number of hydrogen-bond donors (Lipinski definition) is 2. The number of anilines is 1. The highest BCUT2D eigenvalue weighted by Gasteiger charge is 2.18. The van der Waals surface area contributed by atoms with Gasteiger partial charge in [-0.1, -0.05) is 6.07 Å². The van der Waals surface area contributed by atoms with Gasteiger partial charge in [-0.15, -0.1) is 0 Å². The normalized spacial score (nSPS) is 13.6. The van der Waals surface area contributed by atoms with Gasteiger partial charge in [-0.3, -0.25) is 0 Å². The van der Waals surface area contributed by atoms with Crippen LogP contribution in [0.1, 0.15) is 12.5 Å². The summed E-state index contributed by atoms with van der Waals surface area (Å²) < 4.78 is 31.5. The van der Waals surface area contributed by atoms with E-state index in [1.54, 1.807) is 26.0 Å². The number of nitrogen functional groups attached to an aromatic ring is 1. The van der Waals surface area contributed by atoms with Crippen LogP contribution in [0.15, 0.2) is 23.1 Å². The highest BCUT2D eigenvalue weighted by molar-refractivity contribution is 7.89. The van der Waals surface area contributed by atoms with Crippen LogP contribution in [0.5, 0.6) is 0 Å². The van der Waals surface area contributed by atoms with Crippen LogP contribution < -0.4 is 10.5 Å². The van der Waals surface area contributed by atoms with Crippen molar-refractivity contribution >= 4 is 15.7 Å². The molecular formula is C11H18N2O3S. The number of ether oxygens (including phenoxy) is 1. The highest BCUT2D eigenvalue weighted by atomic mass is 32.2. The fraction of sp³-hybridized carbons (Fsp3) is 0.455. The molecule has 0 bridgehead atoms. The quantitative estimate of drug-likeness (QED) is 0.769. The van der Waals surface area contributed by atoms with Crippen LogP contribution in [0.2, 0.25) is 0 Å². The summed E-state index contributed by atoms with van der Waals surface area (Å²) in [5.41, 5.74) is 6.71. The Labute approximate surface area is 102 Å². The van der Waals surface area contributed by atoms with Crippen LogP contribution in [0.4, 0.5) is 5.69 Å². The number of hydrogen-bond acceptors (Lipinski definition) is 4. The first-order chi connectivity index (χ1) is 7.88. The van der Waals surface area contributed by atoms with E-state index in [1.165, 1.54) is 13.2 Å². The summed E-state index contributed by atoms with van der Waals surface area (Å²) in [4.78, 5) is 0.209. The number of nitrogens with one attached hydrogen (secondary N) is 1. The van der Waals surface area contributed by atoms with Gasteiger partial charge in [-0.25, -0.2) is 13.1 Å². The molecule has 0 radical (unpaired) electrons. The molecule has 0 spiro atoms. The summed E-state index contributed by atoms with van der Waals surface area (Å²) in [6.07, 6.45) is -0.175. The molecule has 3 N–H and O–H groups in total. The predicted molar refractivity (Wildman–Crippen MR) is 67.3 cm³/mol. The minimum absolute atomic E-state index is 0.175. The molecule has 1 rings (SSSR count). The molecule has 1 atom stereocenters. The topological polar surface area (TPSA) is 81.4 Å². The zero-order valence-electron chi connectivity index (χ0n) is 10.2. The lowest BCUT2D eigenvalue weighted by Gasteiger charge is -2.13. The van der Waals surface area contributed by atoms with E-state index in [2.05, 4.69) is 4.72 Å². The third kappa shape index (κ3) is 3.42. The van der Waals surface area contributed by atoms with Crippen molar-refractivity contribution in [1.29, 1.82) is 0 Å². The van der Waals surface area contributed by atoms with Crippen molar-refractivity contribution < 1.29 is 13.2 Å². The van der Waals surface area contributed by atoms with Crippen LogP contribution in [-0.4, -0.2) is 28.2 Å². The molecule has 1 unspecified atom stereocenters. The second-order valence-corrected chi connectivity index (χ2v) is 5.60. The Morgan fingerprint density at radius 1 is 1.47 bits per heavy atom. The first-order valence-electron chi connectivity index (χ1n) is 5.26. The van der Waals surface area contributed by atoms with Crippen molar-refractivity contribution in [3.05, 3.63) is 23.8 Å². The lowest BCUT2D eigenvalue weighted by atomic mass is 10.2. The largest absolute Gasteiger partial charge is 0.398 e. The third-order valence-electron chi connectivity index (χ3n) is 2.58. The Balaban J connectivity index is 2.94. The summed E-state index contributed by atoms with van der Waals surface area (Å²) >= 11 is 0. The number of nitrogens with two attached hydrogens (primary N) is 1. The van der Waals surface area contributed by atoms with E-state index < -0.39 is 10.0 Å². The van der Waals surface area contributed by atoms with E-state index >= 15 is 0 Å². The van der Waals surface area contributed by atoms with E-state index in [0.29, 0.717) is 11.3 Å². The van der Waals surface area contributed by atoms with Crippen LogP contribution in [-0.2, 0) is 14.8 Å². The Kier molecular flexibility index (Phi) is 4.50. The molecule has 17 heavy (non-hydrogen) atoms. The Morgan fingerprint density at radius 3 is 2.71 bits per heavy atom. The van der Waals surface area contributed by atoms with Crippen molar-refractivity contribution in [3.63, 3.8) is 0 Å². The van der Waals surface area contributed by atoms with Crippen molar-refractivity contribution in [2.24, 2.45) is 0 Å². The molecule has 0 saturated carbocycles. The predicted octanol–water partition coefficient (Wildman–Crippen LogP) is 0.890. The molecule has 0 aliphatic carbocycles. The van der Waals surface area contributed by atoms with E-state index in [9.17, 15) is 8.42 Å². The van der Waals surface area contributed by atoms with Crippen LogP contribution in [0.3, 0.4) is 0 Å². The Hall–Kier alpha value is -1.11. The van der Waals surface area contributed by atoms with E-state index in [-0.39, 0.29) is 17.5 Å². The maximum atomic E-state index is 12.0. The minimum Gasteiger partial charge on any atom is -0.398 e. The molecule has 0 heterocycles. The summed E-state index contributed by atoms with van der Waals surface area (Å²) in [6, 6.07) is 4.83. The third-order valence-corrected chi connectivity index (χ3v) is 4.15. The van der Waals surface area contributed by atoms with Gasteiger partial charge in [0.05, 0.1) is 11.0 Å². The van der Waals surface area contributed by atoms with Gasteiger partial charge in [0.2, 0.25) is 10.0 Å². The van der Waals surface area contributed by atoms with Crippen molar-refractivity contribution in [3.8, 4) is 0 Å². The van der Waals surface area contributed by atoms with Gasteiger partial charge in [-0.05, 0) is 31.5 Å². The number of methoxy groups -OCH3 is 1. The first kappa shape index (κ1) is 14.0. The highest BCUT2D eigenvalue weighted by Crippen LogP contribution is 2.20. The minimum atomic E-state index is -3.53. The zero-order chi connectivity index (χ0) is 13.1. The number of sulfonamides is 1. The van der Waals surface area contributed by atoms with Crippen molar-refractivity contribution in [2.75, 3.05) is 19.4 Å². The number of benzene rings is 1. The van der Waals surface area contributed by atoms with Crippen molar-refractivity contribution in [2.45, 2.75) is 24.8 Å². The molecule has 6 heteroatoms. The Bertz CT molecular complexity index is 485. The average molecular weight is 258 g/mol. The van der Waals surface area contributed by atoms with Crippen LogP contribution in [0.25, 0.3) is 0 Å². The van der Waals surface area contributed by atoms with E-state index in [4.69, 9.17) is 10.5 Å². The van der Waals surface area contributed by atoms with Gasteiger partial charge < -0.3 is 10.5 Å². The Morgan fingerprint density at radius 2 is 2.12 bits per heavy atom. The molecule has 5 nitrogen and oxygen atoms in total. The molecule has 0 aromatic heterocycles. The number of rotatable bonds is 5. The lowest BCUT2D eigenvalue weighted by Crippen LogP contribution is -2.32. The fourth-order valence-corrected chi connectivity index (χ4v) is 2.70. The molecule has 0 aliphatic rings. The molecule has 1 aromatic carbocycles.